The van der Waals surface area contributed by atoms with Gasteiger partial charge in [-0.15, -0.1) is 13.2 Å². The van der Waals surface area contributed by atoms with E-state index in [-0.39, 0.29) is 37.3 Å². The van der Waals surface area contributed by atoms with Crippen LogP contribution in [0, 0.1) is 25.7 Å². The summed E-state index contributed by atoms with van der Waals surface area (Å²) in [5.74, 6) is -3.05. The molecule has 0 unspecified atom stereocenters. The Balaban J connectivity index is 1.50. The SMILES string of the molecule is C=CCCC(=O)N(C)[C@@H](C)[C@@H](OC(=O)[C@@H]1[C@H]2C(=O)N(CCCCCO)[C@H](C(=O)N(CC=C)c3cc(C)ccc3C)[C@]23CC[C@H]1O3)c1ccccc1. The molecule has 3 aliphatic rings. The molecule has 10 heteroatoms. The third-order valence-corrected chi connectivity index (χ3v) is 11.0. The molecule has 0 radical (unpaired) electrons. The molecule has 0 aromatic heterocycles. The topological polar surface area (TPSA) is 117 Å². The first-order valence-electron chi connectivity index (χ1n) is 18.2. The fourth-order valence-corrected chi connectivity index (χ4v) is 8.23. The summed E-state index contributed by atoms with van der Waals surface area (Å²) in [5, 5.41) is 9.42. The molecular weight excluding hydrogens is 646 g/mol. The van der Waals surface area contributed by atoms with Gasteiger partial charge in [0.1, 0.15) is 17.7 Å². The van der Waals surface area contributed by atoms with E-state index in [2.05, 4.69) is 13.2 Å². The molecular formula is C41H53N3O7. The third-order valence-electron chi connectivity index (χ3n) is 11.0. The van der Waals surface area contributed by atoms with E-state index < -0.39 is 47.7 Å². The van der Waals surface area contributed by atoms with Crippen LogP contribution in [0.4, 0.5) is 5.69 Å². The summed E-state index contributed by atoms with van der Waals surface area (Å²) < 4.78 is 13.1. The zero-order valence-electron chi connectivity index (χ0n) is 30.5. The number of anilines is 1. The largest absolute Gasteiger partial charge is 0.455 e. The second-order valence-electron chi connectivity index (χ2n) is 14.2. The van der Waals surface area contributed by atoms with Gasteiger partial charge in [0, 0.05) is 38.9 Å². The average molecular weight is 700 g/mol. The number of likely N-dealkylation sites (tertiary alicyclic amines) is 1. The fraction of sp³-hybridized carbons (Fsp3) is 0.512. The van der Waals surface area contributed by atoms with Gasteiger partial charge in [0.25, 0.3) is 5.91 Å². The Bertz CT molecular complexity index is 1610. The molecule has 10 nitrogen and oxygen atoms in total. The highest BCUT2D eigenvalue weighted by Crippen LogP contribution is 2.59. The van der Waals surface area contributed by atoms with E-state index in [4.69, 9.17) is 9.47 Å². The van der Waals surface area contributed by atoms with Crippen molar-refractivity contribution in [3.63, 3.8) is 0 Å². The molecule has 3 heterocycles. The Kier molecular flexibility index (Phi) is 12.2. The number of fused-ring (bicyclic) bond motifs is 1. The molecule has 274 valence electrons. The summed E-state index contributed by atoms with van der Waals surface area (Å²) in [6, 6.07) is 13.8. The molecule has 0 aliphatic carbocycles. The summed E-state index contributed by atoms with van der Waals surface area (Å²) >= 11 is 0. The maximum absolute atomic E-state index is 14.9. The summed E-state index contributed by atoms with van der Waals surface area (Å²) in [5.41, 5.74) is 2.17. The van der Waals surface area contributed by atoms with Crippen molar-refractivity contribution in [3.05, 3.63) is 90.5 Å². The fourth-order valence-electron chi connectivity index (χ4n) is 8.23. The van der Waals surface area contributed by atoms with Gasteiger partial charge in [-0.25, -0.2) is 0 Å². The minimum Gasteiger partial charge on any atom is -0.455 e. The van der Waals surface area contributed by atoms with Crippen LogP contribution < -0.4 is 4.90 Å². The van der Waals surface area contributed by atoms with Crippen molar-refractivity contribution in [2.75, 3.05) is 31.6 Å². The summed E-state index contributed by atoms with van der Waals surface area (Å²) in [6.45, 7) is 14.0. The van der Waals surface area contributed by atoms with Crippen molar-refractivity contribution in [1.29, 1.82) is 0 Å². The van der Waals surface area contributed by atoms with Crippen molar-refractivity contribution in [2.24, 2.45) is 11.8 Å². The first-order valence-corrected chi connectivity index (χ1v) is 18.2. The molecule has 1 N–H and O–H groups in total. The number of ether oxygens (including phenoxy) is 2. The molecule has 3 amide bonds. The highest BCUT2D eigenvalue weighted by Gasteiger charge is 2.75. The Labute approximate surface area is 302 Å². The van der Waals surface area contributed by atoms with Gasteiger partial charge in [0.2, 0.25) is 11.8 Å². The van der Waals surface area contributed by atoms with Gasteiger partial charge >= 0.3 is 5.97 Å². The normalized spacial score (nSPS) is 24.5. The van der Waals surface area contributed by atoms with Gasteiger partial charge in [-0.05, 0) is 82.1 Å². The first kappa shape index (κ1) is 38.0. The van der Waals surface area contributed by atoms with E-state index in [0.29, 0.717) is 45.1 Å². The minimum atomic E-state index is -1.21. The molecule has 2 aromatic carbocycles. The Morgan fingerprint density at radius 1 is 1.10 bits per heavy atom. The summed E-state index contributed by atoms with van der Waals surface area (Å²) in [6.07, 6.45) is 5.59. The molecule has 5 rings (SSSR count). The van der Waals surface area contributed by atoms with Crippen LogP contribution in [-0.2, 0) is 28.7 Å². The lowest BCUT2D eigenvalue weighted by Gasteiger charge is -2.37. The number of amides is 3. The van der Waals surface area contributed by atoms with E-state index >= 15 is 0 Å². The monoisotopic (exact) mass is 699 g/mol. The molecule has 3 fully saturated rings. The van der Waals surface area contributed by atoms with Gasteiger partial charge in [0.05, 0.1) is 24.0 Å². The number of allylic oxidation sites excluding steroid dienone is 1. The Morgan fingerprint density at radius 2 is 1.84 bits per heavy atom. The molecule has 7 atom stereocenters. The highest BCUT2D eigenvalue weighted by atomic mass is 16.6. The first-order chi connectivity index (χ1) is 24.5. The van der Waals surface area contributed by atoms with Crippen LogP contribution >= 0.6 is 0 Å². The summed E-state index contributed by atoms with van der Waals surface area (Å²) in [4.78, 5) is 61.9. The zero-order valence-corrected chi connectivity index (χ0v) is 30.5. The Hall–Kier alpha value is -4.28. The number of hydrogen-bond donors (Lipinski definition) is 1. The van der Waals surface area contributed by atoms with Crippen LogP contribution in [0.3, 0.4) is 0 Å². The van der Waals surface area contributed by atoms with E-state index in [1.165, 1.54) is 0 Å². The lowest BCUT2D eigenvalue weighted by molar-refractivity contribution is -0.164. The number of hydrogen-bond acceptors (Lipinski definition) is 7. The predicted molar refractivity (Wildman–Crippen MR) is 196 cm³/mol. The molecule has 0 saturated carbocycles. The van der Waals surface area contributed by atoms with Gasteiger partial charge in [-0.1, -0.05) is 54.6 Å². The van der Waals surface area contributed by atoms with E-state index in [1.54, 1.807) is 33.9 Å². The number of aliphatic hydroxyl groups excluding tert-OH is 1. The lowest BCUT2D eigenvalue weighted by Crippen LogP contribution is -2.56. The smallest absolute Gasteiger partial charge is 0.313 e. The average Bonchev–Trinajstić information content (AvgIpc) is 3.78. The molecule has 1 spiro atoms. The number of benzene rings is 2. The molecule has 3 aliphatic heterocycles. The third kappa shape index (κ3) is 7.39. The predicted octanol–water partition coefficient (Wildman–Crippen LogP) is 5.46. The number of unbranched alkanes of at least 4 members (excludes halogenated alkanes) is 2. The van der Waals surface area contributed by atoms with E-state index in [1.807, 2.05) is 69.3 Å². The number of carbonyl (C=O) groups excluding carboxylic acids is 4. The number of likely N-dealkylation sites (N-methyl/N-ethyl adjacent to an activating group) is 1. The highest BCUT2D eigenvalue weighted by molar-refractivity contribution is 6.05. The second-order valence-corrected chi connectivity index (χ2v) is 14.2. The second kappa shape index (κ2) is 16.4. The van der Waals surface area contributed by atoms with Crippen LogP contribution in [0.1, 0.15) is 74.7 Å². The van der Waals surface area contributed by atoms with Crippen LogP contribution in [0.25, 0.3) is 0 Å². The van der Waals surface area contributed by atoms with E-state index in [9.17, 15) is 24.3 Å². The van der Waals surface area contributed by atoms with E-state index in [0.717, 1.165) is 22.4 Å². The van der Waals surface area contributed by atoms with Crippen molar-refractivity contribution >= 4 is 29.4 Å². The van der Waals surface area contributed by atoms with Crippen LogP contribution in [-0.4, -0.2) is 89.1 Å². The minimum absolute atomic E-state index is 0.0391. The summed E-state index contributed by atoms with van der Waals surface area (Å²) in [7, 11) is 1.70. The molecule has 2 aromatic rings. The quantitative estimate of drug-likeness (QED) is 0.133. The van der Waals surface area contributed by atoms with Crippen molar-refractivity contribution in [3.8, 4) is 0 Å². The van der Waals surface area contributed by atoms with Crippen molar-refractivity contribution in [1.82, 2.24) is 9.80 Å². The number of nitrogens with zero attached hydrogens (tertiary/aromatic N) is 3. The lowest BCUT2D eigenvalue weighted by atomic mass is 9.70. The van der Waals surface area contributed by atoms with Crippen molar-refractivity contribution in [2.45, 2.75) is 95.6 Å². The van der Waals surface area contributed by atoms with Crippen LogP contribution in [0.2, 0.25) is 0 Å². The zero-order chi connectivity index (χ0) is 36.9. The standard InChI is InChI=1S/C41H53N3O7/c1-7-9-18-33(46)42(6)29(5)36(30-16-12-10-13-17-30)50-40(49)34-32-21-22-41(51-32)35(34)38(47)44(24-14-11-15-25-45)37(41)39(48)43(23-8-2)31-26-27(3)19-20-28(31)4/h7-8,10,12-13,16-17,19-20,26,29,32,34-37,45H,1-2,9,11,14-15,18,21-25H2,3-6H3/t29-,32+,34-,35-,36+,37+,41-/m0/s1. The van der Waals surface area contributed by atoms with Gasteiger partial charge < -0.3 is 29.3 Å². The maximum atomic E-state index is 14.9. The van der Waals surface area contributed by atoms with Crippen LogP contribution in [0.15, 0.2) is 73.8 Å². The van der Waals surface area contributed by atoms with Gasteiger partial charge in [-0.2, -0.15) is 0 Å². The molecule has 51 heavy (non-hydrogen) atoms. The number of aliphatic hydroxyl groups is 1. The maximum Gasteiger partial charge on any atom is 0.313 e. The van der Waals surface area contributed by atoms with Crippen molar-refractivity contribution < 1.29 is 33.8 Å². The Morgan fingerprint density at radius 3 is 2.53 bits per heavy atom. The number of aryl methyl sites for hydroxylation is 2. The molecule has 3 saturated heterocycles. The number of rotatable bonds is 17. The van der Waals surface area contributed by atoms with Gasteiger partial charge in [-0.3, -0.25) is 19.2 Å². The van der Waals surface area contributed by atoms with Crippen LogP contribution in [0.5, 0.6) is 0 Å². The number of esters is 1. The molecule has 2 bridgehead atoms. The van der Waals surface area contributed by atoms with Gasteiger partial charge in [0.15, 0.2) is 0 Å². The number of carbonyl (C=O) groups is 4.